The summed E-state index contributed by atoms with van der Waals surface area (Å²) in [6.07, 6.45) is 0. The normalized spacial score (nSPS) is 11.2. The van der Waals surface area contributed by atoms with Crippen LogP contribution in [-0.2, 0) is 11.3 Å². The van der Waals surface area contributed by atoms with Gasteiger partial charge in [0.05, 0.1) is 5.41 Å². The minimum absolute atomic E-state index is 0.0884. The molecule has 1 rings (SSSR count). The molecule has 1 aromatic rings. The van der Waals surface area contributed by atoms with Crippen LogP contribution in [0.5, 0.6) is 0 Å². The highest BCUT2D eigenvalue weighted by atomic mass is 19.1. The van der Waals surface area contributed by atoms with Gasteiger partial charge in [-0.3, -0.25) is 9.59 Å². The quantitative estimate of drug-likeness (QED) is 0.720. The zero-order valence-electron chi connectivity index (χ0n) is 11.9. The van der Waals surface area contributed by atoms with Crippen molar-refractivity contribution in [3.63, 3.8) is 0 Å². The molecule has 0 atom stereocenters. The Kier molecular flexibility index (Phi) is 5.21. The van der Waals surface area contributed by atoms with Crippen LogP contribution in [0.25, 0.3) is 0 Å². The maximum Gasteiger partial charge on any atom is 0.248 e. The molecule has 0 aromatic heterocycles. The third kappa shape index (κ3) is 4.03. The second-order valence-electron chi connectivity index (χ2n) is 5.24. The lowest BCUT2D eigenvalue weighted by Crippen LogP contribution is -2.41. The molecule has 6 heteroatoms. The molecule has 0 unspecified atom stereocenters. The monoisotopic (exact) mass is 281 g/mol. The number of primary amides is 1. The van der Waals surface area contributed by atoms with Gasteiger partial charge in [0.2, 0.25) is 11.8 Å². The Bertz CT molecular complexity index is 515. The van der Waals surface area contributed by atoms with Gasteiger partial charge in [-0.2, -0.15) is 0 Å². The molecule has 1 aromatic carbocycles. The van der Waals surface area contributed by atoms with Crippen molar-refractivity contribution in [2.45, 2.75) is 20.4 Å². The van der Waals surface area contributed by atoms with E-state index in [1.165, 1.54) is 12.1 Å². The first-order valence-electron chi connectivity index (χ1n) is 6.29. The molecule has 0 aliphatic carbocycles. The van der Waals surface area contributed by atoms with Crippen molar-refractivity contribution in [3.8, 4) is 0 Å². The molecular weight excluding hydrogens is 261 g/mol. The fourth-order valence-corrected chi connectivity index (χ4v) is 1.77. The Hall–Kier alpha value is -1.95. The summed E-state index contributed by atoms with van der Waals surface area (Å²) in [5.41, 5.74) is 5.04. The predicted octanol–water partition coefficient (Wildman–Crippen LogP) is 0.786. The summed E-state index contributed by atoms with van der Waals surface area (Å²) in [5.74, 6) is -1.25. The van der Waals surface area contributed by atoms with Crippen molar-refractivity contribution in [2.75, 3.05) is 13.6 Å². The van der Waals surface area contributed by atoms with Crippen LogP contribution in [0, 0.1) is 11.2 Å². The van der Waals surface area contributed by atoms with Crippen molar-refractivity contribution in [2.24, 2.45) is 11.1 Å². The highest BCUT2D eigenvalue weighted by Gasteiger charge is 2.25. The standard InChI is InChI=1S/C14H20FN3O2/c1-14(2,13(20)17-3)8-18-7-10-5-4-9(12(16)19)6-11(10)15/h4-6,18H,7-8H2,1-3H3,(H2,16,19)(H,17,20). The predicted molar refractivity (Wildman–Crippen MR) is 74.5 cm³/mol. The largest absolute Gasteiger partial charge is 0.366 e. The first kappa shape index (κ1) is 16.1. The van der Waals surface area contributed by atoms with Crippen molar-refractivity contribution >= 4 is 11.8 Å². The number of amides is 2. The molecule has 20 heavy (non-hydrogen) atoms. The number of halogens is 1. The fraction of sp³-hybridized carbons (Fsp3) is 0.429. The molecule has 0 aliphatic heterocycles. The van der Waals surface area contributed by atoms with E-state index in [-0.39, 0.29) is 18.0 Å². The van der Waals surface area contributed by atoms with Crippen LogP contribution in [0.2, 0.25) is 0 Å². The molecule has 5 nitrogen and oxygen atoms in total. The fourth-order valence-electron chi connectivity index (χ4n) is 1.77. The van der Waals surface area contributed by atoms with Crippen molar-refractivity contribution in [1.82, 2.24) is 10.6 Å². The average Bonchev–Trinajstić information content (AvgIpc) is 2.39. The maximum atomic E-state index is 13.7. The van der Waals surface area contributed by atoms with Gasteiger partial charge < -0.3 is 16.4 Å². The molecule has 0 aliphatic rings. The Labute approximate surface area is 117 Å². The number of carbonyl (C=O) groups excluding carboxylic acids is 2. The summed E-state index contributed by atoms with van der Waals surface area (Å²) >= 11 is 0. The van der Waals surface area contributed by atoms with Gasteiger partial charge in [-0.15, -0.1) is 0 Å². The van der Waals surface area contributed by atoms with Crippen molar-refractivity contribution in [3.05, 3.63) is 35.1 Å². The van der Waals surface area contributed by atoms with Crippen molar-refractivity contribution < 1.29 is 14.0 Å². The lowest BCUT2D eigenvalue weighted by molar-refractivity contribution is -0.128. The van der Waals surface area contributed by atoms with Crippen LogP contribution in [0.4, 0.5) is 4.39 Å². The molecule has 110 valence electrons. The number of rotatable bonds is 6. The van der Waals surface area contributed by atoms with Crippen LogP contribution in [-0.4, -0.2) is 25.4 Å². The minimum atomic E-state index is -0.663. The lowest BCUT2D eigenvalue weighted by atomic mass is 9.92. The lowest BCUT2D eigenvalue weighted by Gasteiger charge is -2.23. The van der Waals surface area contributed by atoms with Gasteiger partial charge in [0.15, 0.2) is 0 Å². The Morgan fingerprint density at radius 1 is 1.35 bits per heavy atom. The summed E-state index contributed by atoms with van der Waals surface area (Å²) in [6, 6.07) is 4.10. The molecule has 0 spiro atoms. The SMILES string of the molecule is CNC(=O)C(C)(C)CNCc1ccc(C(N)=O)cc1F. The topological polar surface area (TPSA) is 84.2 Å². The van der Waals surface area contributed by atoms with E-state index in [4.69, 9.17) is 5.73 Å². The van der Waals surface area contributed by atoms with E-state index in [1.54, 1.807) is 20.9 Å². The van der Waals surface area contributed by atoms with E-state index >= 15 is 0 Å². The zero-order valence-corrected chi connectivity index (χ0v) is 11.9. The van der Waals surface area contributed by atoms with Gasteiger partial charge >= 0.3 is 0 Å². The van der Waals surface area contributed by atoms with E-state index in [9.17, 15) is 14.0 Å². The average molecular weight is 281 g/mol. The number of hydrogen-bond acceptors (Lipinski definition) is 3. The van der Waals surface area contributed by atoms with Gasteiger partial charge in [0.1, 0.15) is 5.82 Å². The summed E-state index contributed by atoms with van der Waals surface area (Å²) in [7, 11) is 1.58. The molecule has 0 bridgehead atoms. The smallest absolute Gasteiger partial charge is 0.248 e. The molecule has 0 saturated carbocycles. The van der Waals surface area contributed by atoms with Gasteiger partial charge in [0, 0.05) is 31.3 Å². The van der Waals surface area contributed by atoms with Crippen LogP contribution < -0.4 is 16.4 Å². The van der Waals surface area contributed by atoms with E-state index in [0.29, 0.717) is 12.1 Å². The van der Waals surface area contributed by atoms with E-state index in [1.807, 2.05) is 0 Å². The van der Waals surface area contributed by atoms with Crippen LogP contribution in [0.1, 0.15) is 29.8 Å². The Morgan fingerprint density at radius 2 is 2.00 bits per heavy atom. The van der Waals surface area contributed by atoms with E-state index in [2.05, 4.69) is 10.6 Å². The number of benzene rings is 1. The van der Waals surface area contributed by atoms with E-state index < -0.39 is 17.1 Å². The summed E-state index contributed by atoms with van der Waals surface area (Å²) in [6.45, 7) is 4.27. The van der Waals surface area contributed by atoms with Gasteiger partial charge in [-0.25, -0.2) is 4.39 Å². The molecule has 0 fully saturated rings. The van der Waals surface area contributed by atoms with Gasteiger partial charge in [0.25, 0.3) is 0 Å². The molecule has 4 N–H and O–H groups in total. The zero-order chi connectivity index (χ0) is 15.3. The third-order valence-corrected chi connectivity index (χ3v) is 3.06. The maximum absolute atomic E-state index is 13.7. The molecule has 0 saturated heterocycles. The van der Waals surface area contributed by atoms with Gasteiger partial charge in [-0.1, -0.05) is 6.07 Å². The van der Waals surface area contributed by atoms with Crippen LogP contribution in [0.3, 0.4) is 0 Å². The number of nitrogens with one attached hydrogen (secondary N) is 2. The number of nitrogens with two attached hydrogens (primary N) is 1. The van der Waals surface area contributed by atoms with Crippen LogP contribution in [0.15, 0.2) is 18.2 Å². The van der Waals surface area contributed by atoms with Crippen molar-refractivity contribution in [1.29, 1.82) is 0 Å². The highest BCUT2D eigenvalue weighted by molar-refractivity contribution is 5.92. The first-order valence-corrected chi connectivity index (χ1v) is 6.29. The minimum Gasteiger partial charge on any atom is -0.366 e. The molecule has 0 heterocycles. The first-order chi connectivity index (χ1) is 9.27. The molecule has 0 radical (unpaired) electrons. The molecule has 2 amide bonds. The van der Waals surface area contributed by atoms with E-state index in [0.717, 1.165) is 6.07 Å². The Balaban J connectivity index is 2.63. The molecular formula is C14H20FN3O2. The highest BCUT2D eigenvalue weighted by Crippen LogP contribution is 2.14. The Morgan fingerprint density at radius 3 is 2.50 bits per heavy atom. The second kappa shape index (κ2) is 6.47. The summed E-state index contributed by atoms with van der Waals surface area (Å²) < 4.78 is 13.7. The van der Waals surface area contributed by atoms with Gasteiger partial charge in [-0.05, 0) is 26.0 Å². The second-order valence-corrected chi connectivity index (χ2v) is 5.24. The number of hydrogen-bond donors (Lipinski definition) is 3. The summed E-state index contributed by atoms with van der Waals surface area (Å²) in [5, 5.41) is 5.61. The number of carbonyl (C=O) groups is 2. The van der Waals surface area contributed by atoms with Crippen LogP contribution >= 0.6 is 0 Å². The summed E-state index contributed by atoms with van der Waals surface area (Å²) in [4.78, 5) is 22.5. The third-order valence-electron chi connectivity index (χ3n) is 3.06.